The van der Waals surface area contributed by atoms with Gasteiger partial charge in [0.05, 0.1) is 24.9 Å². The molecule has 0 saturated heterocycles. The van der Waals surface area contributed by atoms with E-state index in [0.29, 0.717) is 16.3 Å². The van der Waals surface area contributed by atoms with E-state index < -0.39 is 29.2 Å². The number of methoxy groups -OCH3 is 1. The van der Waals surface area contributed by atoms with E-state index >= 15 is 13.2 Å². The van der Waals surface area contributed by atoms with Gasteiger partial charge in [-0.1, -0.05) is 48.5 Å². The Morgan fingerprint density at radius 2 is 1.69 bits per heavy atom. The highest BCUT2D eigenvalue weighted by molar-refractivity contribution is 7.26. The molecule has 3 heterocycles. The minimum Gasteiger partial charge on any atom is -0.478 e. The van der Waals surface area contributed by atoms with Crippen molar-refractivity contribution in [2.24, 2.45) is 4.99 Å². The molecule has 0 saturated carbocycles. The summed E-state index contributed by atoms with van der Waals surface area (Å²) >= 11 is 1.49. The van der Waals surface area contributed by atoms with Crippen molar-refractivity contribution < 1.29 is 27.4 Å². The number of aromatic nitrogens is 1. The number of thiophene rings is 1. The first-order valence-electron chi connectivity index (χ1n) is 10.8. The molecule has 1 atom stereocenters. The Morgan fingerprint density at radius 3 is 2.40 bits per heavy atom. The maximum atomic E-state index is 15.1. The first-order chi connectivity index (χ1) is 16.9. The van der Waals surface area contributed by atoms with Gasteiger partial charge in [-0.05, 0) is 12.1 Å². The molecule has 1 aliphatic rings. The van der Waals surface area contributed by atoms with Crippen molar-refractivity contribution in [1.29, 1.82) is 0 Å². The maximum absolute atomic E-state index is 15.1. The van der Waals surface area contributed by atoms with Gasteiger partial charge in [0.2, 0.25) is 5.90 Å². The third-order valence-corrected chi connectivity index (χ3v) is 7.59. The van der Waals surface area contributed by atoms with Gasteiger partial charge in [0.1, 0.15) is 6.61 Å². The molecule has 6 rings (SSSR count). The Kier molecular flexibility index (Phi) is 4.76. The van der Waals surface area contributed by atoms with Gasteiger partial charge in [-0.3, -0.25) is 14.8 Å². The van der Waals surface area contributed by atoms with E-state index in [1.165, 1.54) is 11.3 Å². The molecule has 0 amide bonds. The van der Waals surface area contributed by atoms with E-state index in [2.05, 4.69) is 9.98 Å². The number of hydrogen-bond donors (Lipinski definition) is 0. The third-order valence-electron chi connectivity index (χ3n) is 6.39. The molecule has 35 heavy (non-hydrogen) atoms. The molecule has 0 radical (unpaired) electrons. The second-order valence-corrected chi connectivity index (χ2v) is 9.27. The summed E-state index contributed by atoms with van der Waals surface area (Å²) in [6.07, 6.45) is -5.12. The monoisotopic (exact) mass is 494 g/mol. The van der Waals surface area contributed by atoms with Crippen molar-refractivity contribution >= 4 is 65.1 Å². The van der Waals surface area contributed by atoms with Crippen LogP contribution in [-0.2, 0) is 19.7 Å². The normalized spacial score (nSPS) is 15.9. The van der Waals surface area contributed by atoms with Crippen LogP contribution >= 0.6 is 11.3 Å². The summed E-state index contributed by atoms with van der Waals surface area (Å²) in [7, 11) is 0.922. The van der Waals surface area contributed by atoms with Gasteiger partial charge >= 0.3 is 12.1 Å². The number of carbonyl (C=O) groups excluding carboxylic acids is 1. The number of esters is 1. The predicted octanol–water partition coefficient (Wildman–Crippen LogP) is 6.16. The zero-order chi connectivity index (χ0) is 24.4. The average molecular weight is 494 g/mol. The molecule has 176 valence electrons. The number of halogens is 3. The molecule has 0 spiro atoms. The molecule has 0 bridgehead atoms. The minimum atomic E-state index is -5.12. The highest BCUT2D eigenvalue weighted by Gasteiger charge is 2.70. The van der Waals surface area contributed by atoms with Crippen molar-refractivity contribution in [1.82, 2.24) is 4.98 Å². The number of aliphatic imine (C=N–C) groups is 1. The smallest absolute Gasteiger partial charge is 0.419 e. The second kappa shape index (κ2) is 7.64. The van der Waals surface area contributed by atoms with E-state index in [0.717, 1.165) is 27.3 Å². The standard InChI is InChI=1S/C26H17F3N2O3S/c1-33-24(32)25(26(27,28)29,23-30-12-13-34-23)22-17-11-10-15-14-6-3-5-9-19(14)35-21(15)20(17)16-7-2-4-8-18(16)31-22/h2-11H,12-13H2,1H3. The lowest BCUT2D eigenvalue weighted by Crippen LogP contribution is -2.56. The van der Waals surface area contributed by atoms with E-state index in [1.807, 2.05) is 36.4 Å². The molecule has 1 unspecified atom stereocenters. The number of pyridine rings is 1. The molecule has 2 aromatic heterocycles. The number of carbonyl (C=O) groups is 1. The van der Waals surface area contributed by atoms with E-state index in [9.17, 15) is 4.79 Å². The Hall–Kier alpha value is -3.72. The fourth-order valence-corrected chi connectivity index (χ4v) is 6.14. The van der Waals surface area contributed by atoms with Gasteiger partial charge in [-0.25, -0.2) is 0 Å². The number of benzene rings is 3. The van der Waals surface area contributed by atoms with Crippen LogP contribution in [0.25, 0.3) is 41.8 Å². The van der Waals surface area contributed by atoms with Crippen LogP contribution in [0.5, 0.6) is 0 Å². The zero-order valence-corrected chi connectivity index (χ0v) is 19.2. The molecule has 9 heteroatoms. The number of rotatable bonds is 3. The lowest BCUT2D eigenvalue weighted by atomic mass is 9.79. The second-order valence-electron chi connectivity index (χ2n) is 8.22. The van der Waals surface area contributed by atoms with Crippen molar-refractivity contribution in [3.63, 3.8) is 0 Å². The first-order valence-corrected chi connectivity index (χ1v) is 11.7. The number of fused-ring (bicyclic) bond motifs is 7. The van der Waals surface area contributed by atoms with Gasteiger partial charge in [0.25, 0.3) is 5.41 Å². The lowest BCUT2D eigenvalue weighted by Gasteiger charge is -2.32. The molecular weight excluding hydrogens is 477 g/mol. The largest absolute Gasteiger partial charge is 0.478 e. The quantitative estimate of drug-likeness (QED) is 0.223. The predicted molar refractivity (Wildman–Crippen MR) is 130 cm³/mol. The molecule has 5 nitrogen and oxygen atoms in total. The molecular formula is C26H17F3N2O3S. The topological polar surface area (TPSA) is 60.8 Å². The van der Waals surface area contributed by atoms with Gasteiger partial charge in [-0.15, -0.1) is 11.3 Å². The van der Waals surface area contributed by atoms with Crippen molar-refractivity contribution in [2.75, 3.05) is 20.3 Å². The van der Waals surface area contributed by atoms with Crippen molar-refractivity contribution in [2.45, 2.75) is 11.6 Å². The highest BCUT2D eigenvalue weighted by Crippen LogP contribution is 2.49. The van der Waals surface area contributed by atoms with Crippen LogP contribution in [0, 0.1) is 0 Å². The maximum Gasteiger partial charge on any atom is 0.419 e. The van der Waals surface area contributed by atoms with Crippen LogP contribution in [-0.4, -0.2) is 43.3 Å². The van der Waals surface area contributed by atoms with Crippen molar-refractivity contribution in [3.05, 3.63) is 66.4 Å². The number of alkyl halides is 3. The number of nitrogens with zero attached hydrogens (tertiary/aromatic N) is 2. The van der Waals surface area contributed by atoms with Crippen LogP contribution < -0.4 is 0 Å². The Balaban J connectivity index is 1.86. The van der Waals surface area contributed by atoms with Gasteiger partial charge < -0.3 is 9.47 Å². The van der Waals surface area contributed by atoms with Crippen LogP contribution in [0.2, 0.25) is 0 Å². The van der Waals surface area contributed by atoms with Crippen LogP contribution in [0.15, 0.2) is 65.7 Å². The van der Waals surface area contributed by atoms with Crippen LogP contribution in [0.4, 0.5) is 13.2 Å². The third kappa shape index (κ3) is 2.91. The van der Waals surface area contributed by atoms with Gasteiger partial charge in [0, 0.05) is 36.3 Å². The van der Waals surface area contributed by atoms with Crippen LogP contribution in [0.1, 0.15) is 5.69 Å². The summed E-state index contributed by atoms with van der Waals surface area (Å²) in [5.74, 6) is -2.27. The van der Waals surface area contributed by atoms with Crippen LogP contribution in [0.3, 0.4) is 0 Å². The Morgan fingerprint density at radius 1 is 0.971 bits per heavy atom. The SMILES string of the molecule is COC(=O)C(C1=NCCO1)(c1nc2ccccc2c2c1ccc1c3ccccc3sc12)C(F)(F)F. The minimum absolute atomic E-state index is 0.0101. The van der Waals surface area contributed by atoms with E-state index in [1.54, 1.807) is 24.3 Å². The molecule has 0 N–H and O–H groups in total. The van der Waals surface area contributed by atoms with E-state index in [4.69, 9.17) is 9.47 Å². The first kappa shape index (κ1) is 21.8. The summed E-state index contributed by atoms with van der Waals surface area (Å²) in [5.41, 5.74) is -3.47. The zero-order valence-electron chi connectivity index (χ0n) is 18.3. The summed E-state index contributed by atoms with van der Waals surface area (Å²) in [6.45, 7) is -0.0491. The molecule has 0 fully saturated rings. The van der Waals surface area contributed by atoms with E-state index in [-0.39, 0.29) is 18.5 Å². The lowest BCUT2D eigenvalue weighted by molar-refractivity contribution is -0.195. The number of hydrogen-bond acceptors (Lipinski definition) is 6. The molecule has 1 aliphatic heterocycles. The highest BCUT2D eigenvalue weighted by atomic mass is 32.1. The number of para-hydroxylation sites is 1. The van der Waals surface area contributed by atoms with Crippen molar-refractivity contribution in [3.8, 4) is 0 Å². The summed E-state index contributed by atoms with van der Waals surface area (Å²) < 4.78 is 57.1. The van der Waals surface area contributed by atoms with Gasteiger partial charge in [-0.2, -0.15) is 13.2 Å². The fourth-order valence-electron chi connectivity index (χ4n) is 4.87. The fraction of sp³-hybridized carbons (Fsp3) is 0.192. The molecule has 5 aromatic rings. The Bertz CT molecular complexity index is 1690. The number of ether oxygens (including phenoxy) is 2. The molecule has 3 aromatic carbocycles. The summed E-state index contributed by atoms with van der Waals surface area (Å²) in [4.78, 5) is 21.5. The molecule has 0 aliphatic carbocycles. The Labute approximate surface area is 200 Å². The summed E-state index contributed by atoms with van der Waals surface area (Å²) in [6, 6.07) is 18.2. The van der Waals surface area contributed by atoms with Gasteiger partial charge in [0.15, 0.2) is 0 Å². The summed E-state index contributed by atoms with van der Waals surface area (Å²) in [5, 5.41) is 3.42. The average Bonchev–Trinajstić information content (AvgIpc) is 3.51.